The molecule has 1 N–H and O–H groups in total. The Bertz CT molecular complexity index is 853. The molecule has 0 aromatic carbocycles. The Morgan fingerprint density at radius 2 is 2.14 bits per heavy atom. The number of piperidine rings is 1. The molecule has 0 amide bonds. The van der Waals surface area contributed by atoms with E-state index in [0.717, 1.165) is 11.4 Å². The van der Waals surface area contributed by atoms with Gasteiger partial charge in [-0.05, 0) is 29.9 Å². The summed E-state index contributed by atoms with van der Waals surface area (Å²) in [5, 5.41) is 10.1. The molecule has 2 atom stereocenters. The van der Waals surface area contributed by atoms with Gasteiger partial charge in [0.1, 0.15) is 5.01 Å². The molecule has 0 spiro atoms. The monoisotopic (exact) mass is 425 g/mol. The van der Waals surface area contributed by atoms with Crippen LogP contribution in [0.1, 0.15) is 32.1 Å². The molecule has 1 aliphatic rings. The molecule has 3 rings (SSSR count). The van der Waals surface area contributed by atoms with E-state index in [-0.39, 0.29) is 17.2 Å². The van der Waals surface area contributed by atoms with Crippen LogP contribution in [-0.4, -0.2) is 45.6 Å². The van der Waals surface area contributed by atoms with Gasteiger partial charge in [0.2, 0.25) is 5.88 Å². The van der Waals surface area contributed by atoms with Gasteiger partial charge in [-0.1, -0.05) is 20.8 Å². The summed E-state index contributed by atoms with van der Waals surface area (Å²) in [6, 6.07) is 3.29. The van der Waals surface area contributed by atoms with Crippen molar-refractivity contribution in [2.75, 3.05) is 13.1 Å². The van der Waals surface area contributed by atoms with Crippen molar-refractivity contribution in [1.82, 2.24) is 14.9 Å². The summed E-state index contributed by atoms with van der Waals surface area (Å²) < 4.78 is 29.8. The smallest absolute Gasteiger partial charge is 0.388 e. The third-order valence-electron chi connectivity index (χ3n) is 5.24. The maximum Gasteiger partial charge on any atom is 0.388 e. The molecule has 0 radical (unpaired) electrons. The van der Waals surface area contributed by atoms with Crippen molar-refractivity contribution >= 4 is 17.3 Å². The minimum Gasteiger partial charge on any atom is -0.481 e. The van der Waals surface area contributed by atoms with Gasteiger partial charge in [-0.3, -0.25) is 9.69 Å². The van der Waals surface area contributed by atoms with Crippen molar-refractivity contribution in [3.63, 3.8) is 0 Å². The highest BCUT2D eigenvalue weighted by atomic mass is 32.1. The van der Waals surface area contributed by atoms with Crippen molar-refractivity contribution < 1.29 is 23.4 Å². The molecule has 9 heteroatoms. The van der Waals surface area contributed by atoms with Gasteiger partial charge in [0.25, 0.3) is 0 Å². The lowest BCUT2D eigenvalue weighted by Gasteiger charge is -2.42. The average molecular weight is 426 g/mol. The fourth-order valence-electron chi connectivity index (χ4n) is 3.58. The zero-order chi connectivity index (χ0) is 21.2. The summed E-state index contributed by atoms with van der Waals surface area (Å²) in [6.07, 6.45) is 3.77. The molecule has 0 bridgehead atoms. The van der Waals surface area contributed by atoms with E-state index in [1.165, 1.54) is 17.5 Å². The minimum absolute atomic E-state index is 0.0163. The van der Waals surface area contributed by atoms with Crippen LogP contribution in [0.4, 0.5) is 8.78 Å². The number of carbonyl (C=O) groups is 1. The van der Waals surface area contributed by atoms with Gasteiger partial charge in [0.05, 0.1) is 11.5 Å². The van der Waals surface area contributed by atoms with E-state index in [1.807, 2.05) is 0 Å². The zero-order valence-electron chi connectivity index (χ0n) is 16.6. The largest absolute Gasteiger partial charge is 0.481 e. The number of carboxylic acids is 1. The van der Waals surface area contributed by atoms with Crippen LogP contribution in [0, 0.1) is 17.3 Å². The van der Waals surface area contributed by atoms with Gasteiger partial charge in [-0.15, -0.1) is 11.3 Å². The number of aliphatic carboxylic acids is 1. The third kappa shape index (κ3) is 5.48. The summed E-state index contributed by atoms with van der Waals surface area (Å²) in [4.78, 5) is 22.9. The van der Waals surface area contributed by atoms with E-state index in [1.54, 1.807) is 18.3 Å². The lowest BCUT2D eigenvalue weighted by molar-refractivity contribution is -0.145. The summed E-state index contributed by atoms with van der Waals surface area (Å²) >= 11 is 1.37. The Morgan fingerprint density at radius 3 is 2.79 bits per heavy atom. The Labute approximate surface area is 172 Å². The molecular weight excluding hydrogens is 400 g/mol. The highest BCUT2D eigenvalue weighted by molar-refractivity contribution is 7.15. The van der Waals surface area contributed by atoms with Crippen LogP contribution in [0.15, 0.2) is 24.5 Å². The Balaban J connectivity index is 1.77. The summed E-state index contributed by atoms with van der Waals surface area (Å²) in [5.74, 6) is -1.04. The van der Waals surface area contributed by atoms with Gasteiger partial charge >= 0.3 is 12.6 Å². The normalized spacial score (nSPS) is 20.8. The van der Waals surface area contributed by atoms with Crippen LogP contribution >= 0.6 is 11.3 Å². The molecule has 0 saturated carbocycles. The molecule has 1 aliphatic heterocycles. The molecule has 0 unspecified atom stereocenters. The Kier molecular flexibility index (Phi) is 6.48. The molecule has 2 aromatic heterocycles. The standard InChI is InChI=1S/C20H25F2N3O3S/c1-20(2,3)13-7-12(18(26)27)9-25(10-13)11-14-8-24-17(29-14)15-5-4-6-23-16(15)28-19(21)22/h4-6,8,12-13,19H,7,9-11H2,1-3H3,(H,26,27)/t12-,13-/m1/s1. The first-order chi connectivity index (χ1) is 13.6. The number of ether oxygens (including phenoxy) is 1. The van der Waals surface area contributed by atoms with E-state index in [9.17, 15) is 18.7 Å². The van der Waals surface area contributed by atoms with Crippen molar-refractivity contribution in [2.24, 2.45) is 17.3 Å². The lowest BCUT2D eigenvalue weighted by Crippen LogP contribution is -2.46. The van der Waals surface area contributed by atoms with Crippen molar-refractivity contribution in [3.8, 4) is 16.5 Å². The van der Waals surface area contributed by atoms with Crippen LogP contribution in [0.2, 0.25) is 0 Å². The third-order valence-corrected chi connectivity index (χ3v) is 6.25. The van der Waals surface area contributed by atoms with Crippen molar-refractivity contribution in [2.45, 2.75) is 40.3 Å². The molecule has 1 fully saturated rings. The van der Waals surface area contributed by atoms with Crippen LogP contribution in [-0.2, 0) is 11.3 Å². The number of alkyl halides is 2. The quantitative estimate of drug-likeness (QED) is 0.741. The van der Waals surface area contributed by atoms with Crippen LogP contribution in [0.5, 0.6) is 5.88 Å². The SMILES string of the molecule is CC(C)(C)[C@@H]1C[C@@H](C(=O)O)CN(Cc2cnc(-c3cccnc3OC(F)F)s2)C1. The number of hydrogen-bond donors (Lipinski definition) is 1. The van der Waals surface area contributed by atoms with Crippen molar-refractivity contribution in [3.05, 3.63) is 29.4 Å². The zero-order valence-corrected chi connectivity index (χ0v) is 17.5. The topological polar surface area (TPSA) is 75.5 Å². The van der Waals surface area contributed by atoms with Gasteiger partial charge in [-0.25, -0.2) is 9.97 Å². The maximum absolute atomic E-state index is 12.6. The number of carboxylic acid groups (broad SMARTS) is 1. The van der Waals surface area contributed by atoms with E-state index < -0.39 is 18.5 Å². The highest BCUT2D eigenvalue weighted by Gasteiger charge is 2.37. The lowest BCUT2D eigenvalue weighted by atomic mass is 9.73. The van der Waals surface area contributed by atoms with E-state index >= 15 is 0 Å². The molecule has 0 aliphatic carbocycles. The minimum atomic E-state index is -2.96. The van der Waals surface area contributed by atoms with Crippen LogP contribution < -0.4 is 4.74 Å². The van der Waals surface area contributed by atoms with E-state index in [2.05, 4.69) is 40.4 Å². The second-order valence-corrected chi connectivity index (χ2v) is 9.51. The first kappa shape index (κ1) is 21.6. The summed E-state index contributed by atoms with van der Waals surface area (Å²) in [6.45, 7) is 5.32. The second kappa shape index (κ2) is 8.71. The maximum atomic E-state index is 12.6. The number of rotatable bonds is 6. The fourth-order valence-corrected chi connectivity index (χ4v) is 4.55. The number of thiazole rings is 1. The van der Waals surface area contributed by atoms with Crippen LogP contribution in [0.25, 0.3) is 10.6 Å². The van der Waals surface area contributed by atoms with Gasteiger partial charge in [-0.2, -0.15) is 8.78 Å². The molecule has 6 nitrogen and oxygen atoms in total. The van der Waals surface area contributed by atoms with Gasteiger partial charge < -0.3 is 9.84 Å². The number of aromatic nitrogens is 2. The number of halogens is 2. The van der Waals surface area contributed by atoms with Crippen LogP contribution in [0.3, 0.4) is 0 Å². The second-order valence-electron chi connectivity index (χ2n) is 8.39. The number of pyridine rings is 1. The van der Waals surface area contributed by atoms with Crippen molar-refractivity contribution in [1.29, 1.82) is 0 Å². The van der Waals surface area contributed by atoms with E-state index in [4.69, 9.17) is 0 Å². The molecule has 158 valence electrons. The Morgan fingerprint density at radius 1 is 1.38 bits per heavy atom. The number of hydrogen-bond acceptors (Lipinski definition) is 6. The first-order valence-corrected chi connectivity index (χ1v) is 10.2. The summed E-state index contributed by atoms with van der Waals surface area (Å²) in [5.41, 5.74) is 0.432. The number of nitrogens with zero attached hydrogens (tertiary/aromatic N) is 3. The Hall–Kier alpha value is -2.13. The predicted molar refractivity (Wildman–Crippen MR) is 106 cm³/mol. The first-order valence-electron chi connectivity index (χ1n) is 9.43. The van der Waals surface area contributed by atoms with Gasteiger partial charge in [0.15, 0.2) is 0 Å². The molecular formula is C20H25F2N3O3S. The number of likely N-dealkylation sites (tertiary alicyclic amines) is 1. The molecule has 1 saturated heterocycles. The predicted octanol–water partition coefficient (Wildman–Crippen LogP) is 4.38. The fraction of sp³-hybridized carbons (Fsp3) is 0.550. The summed E-state index contributed by atoms with van der Waals surface area (Å²) in [7, 11) is 0. The highest BCUT2D eigenvalue weighted by Crippen LogP contribution is 2.37. The van der Waals surface area contributed by atoms with E-state index in [0.29, 0.717) is 30.1 Å². The molecule has 29 heavy (non-hydrogen) atoms. The van der Waals surface area contributed by atoms with Gasteiger partial charge in [0, 0.05) is 36.9 Å². The molecule has 3 heterocycles. The molecule has 2 aromatic rings. The average Bonchev–Trinajstić information content (AvgIpc) is 3.09.